The number of ether oxygens (including phenoxy) is 1. The van der Waals surface area contributed by atoms with Crippen LogP contribution in [-0.4, -0.2) is 0 Å². The Labute approximate surface area is 108 Å². The van der Waals surface area contributed by atoms with Gasteiger partial charge in [0.05, 0.1) is 0 Å². The molecule has 0 saturated heterocycles. The number of rotatable bonds is 4. The van der Waals surface area contributed by atoms with Crippen LogP contribution < -0.4 is 10.5 Å². The molecule has 2 heteroatoms. The van der Waals surface area contributed by atoms with Crippen LogP contribution in [0.2, 0.25) is 0 Å². The molecule has 2 aromatic rings. The third-order valence-corrected chi connectivity index (χ3v) is 3.06. The molecule has 0 fully saturated rings. The van der Waals surface area contributed by atoms with E-state index in [4.69, 9.17) is 10.5 Å². The van der Waals surface area contributed by atoms with Crippen molar-refractivity contribution in [2.24, 2.45) is 5.73 Å². The van der Waals surface area contributed by atoms with E-state index < -0.39 is 0 Å². The maximum absolute atomic E-state index is 5.95. The summed E-state index contributed by atoms with van der Waals surface area (Å²) in [4.78, 5) is 0. The van der Waals surface area contributed by atoms with Gasteiger partial charge in [-0.1, -0.05) is 37.3 Å². The first-order valence-corrected chi connectivity index (χ1v) is 6.30. The first kappa shape index (κ1) is 12.7. The summed E-state index contributed by atoms with van der Waals surface area (Å²) in [6.07, 6.45) is 1.04. The Hall–Kier alpha value is -1.80. The lowest BCUT2D eigenvalue weighted by atomic mass is 10.1. The zero-order chi connectivity index (χ0) is 13.0. The smallest absolute Gasteiger partial charge is 0.134 e. The Morgan fingerprint density at radius 1 is 1.06 bits per heavy atom. The maximum Gasteiger partial charge on any atom is 0.134 e. The van der Waals surface area contributed by atoms with Gasteiger partial charge in [0.2, 0.25) is 0 Å². The minimum atomic E-state index is 0.490. The molecule has 0 unspecified atom stereocenters. The van der Waals surface area contributed by atoms with Gasteiger partial charge in [-0.3, -0.25) is 0 Å². The zero-order valence-corrected chi connectivity index (χ0v) is 10.9. The van der Waals surface area contributed by atoms with Crippen molar-refractivity contribution in [1.82, 2.24) is 0 Å². The fourth-order valence-corrected chi connectivity index (χ4v) is 1.93. The molecule has 2 rings (SSSR count). The van der Waals surface area contributed by atoms with Crippen LogP contribution in [0.15, 0.2) is 42.5 Å². The molecule has 2 nitrogen and oxygen atoms in total. The largest absolute Gasteiger partial charge is 0.457 e. The van der Waals surface area contributed by atoms with E-state index >= 15 is 0 Å². The highest BCUT2D eigenvalue weighted by molar-refractivity contribution is 5.44. The van der Waals surface area contributed by atoms with E-state index in [-0.39, 0.29) is 0 Å². The number of aryl methyl sites for hydroxylation is 2. The Bertz CT molecular complexity index is 517. The maximum atomic E-state index is 5.95. The molecule has 2 aromatic carbocycles. The summed E-state index contributed by atoms with van der Waals surface area (Å²) in [7, 11) is 0. The van der Waals surface area contributed by atoms with Gasteiger partial charge in [-0.2, -0.15) is 0 Å². The summed E-state index contributed by atoms with van der Waals surface area (Å²) in [6.45, 7) is 4.67. The van der Waals surface area contributed by atoms with Crippen LogP contribution in [0.3, 0.4) is 0 Å². The minimum absolute atomic E-state index is 0.490. The normalized spacial score (nSPS) is 10.4. The predicted molar refractivity (Wildman–Crippen MR) is 75.0 cm³/mol. The minimum Gasteiger partial charge on any atom is -0.457 e. The molecular weight excluding hydrogens is 222 g/mol. The average molecular weight is 241 g/mol. The highest BCUT2D eigenvalue weighted by Crippen LogP contribution is 2.28. The fourth-order valence-electron chi connectivity index (χ4n) is 1.93. The molecule has 94 valence electrons. The summed E-state index contributed by atoms with van der Waals surface area (Å²) in [5.41, 5.74) is 9.20. The second-order valence-electron chi connectivity index (χ2n) is 4.37. The zero-order valence-electron chi connectivity index (χ0n) is 10.9. The summed E-state index contributed by atoms with van der Waals surface area (Å²) < 4.78 is 5.95. The molecule has 18 heavy (non-hydrogen) atoms. The van der Waals surface area contributed by atoms with Crippen LogP contribution in [0.1, 0.15) is 23.6 Å². The predicted octanol–water partition coefficient (Wildman–Crippen LogP) is 3.81. The summed E-state index contributed by atoms with van der Waals surface area (Å²) in [5.74, 6) is 1.74. The topological polar surface area (TPSA) is 35.2 Å². The van der Waals surface area contributed by atoms with Crippen LogP contribution in [0, 0.1) is 6.92 Å². The van der Waals surface area contributed by atoms with E-state index in [1.165, 1.54) is 5.56 Å². The van der Waals surface area contributed by atoms with Gasteiger partial charge in [-0.05, 0) is 36.6 Å². The van der Waals surface area contributed by atoms with Gasteiger partial charge in [0.1, 0.15) is 11.5 Å². The quantitative estimate of drug-likeness (QED) is 0.883. The standard InChI is InChI=1S/C16H19NO/c1-3-13-7-9-15(10-8-13)18-16-12(2)5-4-6-14(16)11-17/h4-10H,3,11,17H2,1-2H3. The van der Waals surface area contributed by atoms with Crippen molar-refractivity contribution in [3.05, 3.63) is 59.2 Å². The van der Waals surface area contributed by atoms with Gasteiger partial charge >= 0.3 is 0 Å². The number of para-hydroxylation sites is 1. The van der Waals surface area contributed by atoms with Crippen LogP contribution in [0.4, 0.5) is 0 Å². The summed E-state index contributed by atoms with van der Waals surface area (Å²) in [5, 5.41) is 0. The SMILES string of the molecule is CCc1ccc(Oc2c(C)cccc2CN)cc1. The molecule has 0 aliphatic heterocycles. The van der Waals surface area contributed by atoms with Crippen molar-refractivity contribution >= 4 is 0 Å². The molecule has 2 N–H and O–H groups in total. The van der Waals surface area contributed by atoms with Crippen molar-refractivity contribution in [3.8, 4) is 11.5 Å². The molecule has 0 bridgehead atoms. The Morgan fingerprint density at radius 3 is 2.39 bits per heavy atom. The molecule has 0 radical (unpaired) electrons. The number of nitrogens with two attached hydrogens (primary N) is 1. The summed E-state index contributed by atoms with van der Waals surface area (Å²) >= 11 is 0. The molecule has 0 heterocycles. The van der Waals surface area contributed by atoms with Crippen LogP contribution >= 0.6 is 0 Å². The van der Waals surface area contributed by atoms with Gasteiger partial charge in [0.15, 0.2) is 0 Å². The lowest BCUT2D eigenvalue weighted by Crippen LogP contribution is -2.00. The third-order valence-electron chi connectivity index (χ3n) is 3.06. The summed E-state index contributed by atoms with van der Waals surface area (Å²) in [6, 6.07) is 14.2. The second kappa shape index (κ2) is 5.69. The average Bonchev–Trinajstić information content (AvgIpc) is 2.42. The highest BCUT2D eigenvalue weighted by Gasteiger charge is 2.06. The lowest BCUT2D eigenvalue weighted by molar-refractivity contribution is 0.472. The van der Waals surface area contributed by atoms with E-state index in [1.807, 2.05) is 37.3 Å². The lowest BCUT2D eigenvalue weighted by Gasteiger charge is -2.13. The van der Waals surface area contributed by atoms with E-state index in [0.717, 1.165) is 29.0 Å². The van der Waals surface area contributed by atoms with Crippen molar-refractivity contribution in [1.29, 1.82) is 0 Å². The molecule has 0 atom stereocenters. The molecule has 0 aromatic heterocycles. The van der Waals surface area contributed by atoms with Crippen LogP contribution in [-0.2, 0) is 13.0 Å². The second-order valence-corrected chi connectivity index (χ2v) is 4.37. The van der Waals surface area contributed by atoms with Crippen molar-refractivity contribution < 1.29 is 4.74 Å². The molecular formula is C16H19NO. The first-order valence-electron chi connectivity index (χ1n) is 6.30. The van der Waals surface area contributed by atoms with E-state index in [1.54, 1.807) is 0 Å². The number of benzene rings is 2. The van der Waals surface area contributed by atoms with E-state index in [9.17, 15) is 0 Å². The van der Waals surface area contributed by atoms with Gasteiger partial charge in [0, 0.05) is 12.1 Å². The number of hydrogen-bond donors (Lipinski definition) is 1. The Balaban J connectivity index is 2.27. The monoisotopic (exact) mass is 241 g/mol. The number of hydrogen-bond acceptors (Lipinski definition) is 2. The fraction of sp³-hybridized carbons (Fsp3) is 0.250. The van der Waals surface area contributed by atoms with Crippen LogP contribution in [0.5, 0.6) is 11.5 Å². The van der Waals surface area contributed by atoms with Crippen molar-refractivity contribution in [2.45, 2.75) is 26.8 Å². The molecule has 0 spiro atoms. The first-order chi connectivity index (χ1) is 8.74. The van der Waals surface area contributed by atoms with Gasteiger partial charge in [0.25, 0.3) is 0 Å². The van der Waals surface area contributed by atoms with Crippen LogP contribution in [0.25, 0.3) is 0 Å². The van der Waals surface area contributed by atoms with Crippen molar-refractivity contribution in [2.75, 3.05) is 0 Å². The van der Waals surface area contributed by atoms with Crippen molar-refractivity contribution in [3.63, 3.8) is 0 Å². The molecule has 0 amide bonds. The van der Waals surface area contributed by atoms with Gasteiger partial charge in [-0.15, -0.1) is 0 Å². The van der Waals surface area contributed by atoms with E-state index in [2.05, 4.69) is 19.1 Å². The third kappa shape index (κ3) is 2.71. The highest BCUT2D eigenvalue weighted by atomic mass is 16.5. The van der Waals surface area contributed by atoms with E-state index in [0.29, 0.717) is 6.54 Å². The van der Waals surface area contributed by atoms with Gasteiger partial charge in [-0.25, -0.2) is 0 Å². The molecule has 0 aliphatic rings. The molecule has 0 aliphatic carbocycles. The molecule has 0 saturated carbocycles. The Morgan fingerprint density at radius 2 is 1.78 bits per heavy atom. The van der Waals surface area contributed by atoms with Gasteiger partial charge < -0.3 is 10.5 Å². The Kier molecular flexibility index (Phi) is 4.00.